The van der Waals surface area contributed by atoms with Crippen molar-refractivity contribution in [1.82, 2.24) is 5.32 Å². The summed E-state index contributed by atoms with van der Waals surface area (Å²) in [4.78, 5) is 0. The first kappa shape index (κ1) is 7.76. The maximum Gasteiger partial charge on any atom is 0.0644 e. The number of nitrogens with one attached hydrogen (secondary N) is 1. The minimum absolute atomic E-state index is 0.607. The highest BCUT2D eigenvalue weighted by molar-refractivity contribution is 4.95. The molecule has 0 radical (unpaired) electrons. The summed E-state index contributed by atoms with van der Waals surface area (Å²) in [6, 6.07) is 0.607. The van der Waals surface area contributed by atoms with E-state index in [0.29, 0.717) is 6.04 Å². The van der Waals surface area contributed by atoms with Crippen LogP contribution in [0.25, 0.3) is 0 Å². The topological polar surface area (TPSA) is 21.3 Å². The third-order valence-corrected chi connectivity index (χ3v) is 1.73. The van der Waals surface area contributed by atoms with E-state index in [1.165, 1.54) is 19.4 Å². The molecule has 0 saturated carbocycles. The second kappa shape index (κ2) is 4.47. The summed E-state index contributed by atoms with van der Waals surface area (Å²) in [6.07, 6.45) is 6.85. The van der Waals surface area contributed by atoms with Crippen LogP contribution in [-0.2, 0) is 4.74 Å². The average Bonchev–Trinajstić information content (AvgIpc) is 2.41. The summed E-state index contributed by atoms with van der Waals surface area (Å²) in [5.41, 5.74) is 0. The van der Waals surface area contributed by atoms with E-state index in [1.807, 2.05) is 0 Å². The molecule has 1 fully saturated rings. The van der Waals surface area contributed by atoms with Gasteiger partial charge in [-0.15, -0.1) is 0 Å². The summed E-state index contributed by atoms with van der Waals surface area (Å²) < 4.78 is 4.89. The molecule has 0 amide bonds. The minimum Gasteiger partial charge on any atom is -0.381 e. The first-order chi connectivity index (χ1) is 4.93. The molecular weight excluding hydrogens is 126 g/mol. The van der Waals surface area contributed by atoms with Crippen molar-refractivity contribution in [1.29, 1.82) is 0 Å². The molecular formula is C8H15NO. The molecule has 10 heavy (non-hydrogen) atoms. The number of hydrogen-bond acceptors (Lipinski definition) is 2. The van der Waals surface area contributed by atoms with Gasteiger partial charge in [0.2, 0.25) is 0 Å². The summed E-state index contributed by atoms with van der Waals surface area (Å²) in [7, 11) is 1.71. The summed E-state index contributed by atoms with van der Waals surface area (Å²) in [5, 5.41) is 3.37. The normalized spacial score (nSPS) is 26.3. The number of methoxy groups -OCH3 is 1. The Kier molecular flexibility index (Phi) is 3.47. The van der Waals surface area contributed by atoms with E-state index in [0.717, 1.165) is 6.61 Å². The molecule has 0 aromatic heterocycles. The zero-order chi connectivity index (χ0) is 7.23. The lowest BCUT2D eigenvalue weighted by Crippen LogP contribution is -2.18. The lowest BCUT2D eigenvalue weighted by atomic mass is 10.2. The highest BCUT2D eigenvalue weighted by Gasteiger charge is 2.08. The maximum atomic E-state index is 4.89. The Hall–Kier alpha value is -0.340. The largest absolute Gasteiger partial charge is 0.381 e. The predicted molar refractivity (Wildman–Crippen MR) is 42.0 cm³/mol. The molecule has 0 aliphatic carbocycles. The van der Waals surface area contributed by atoms with Crippen molar-refractivity contribution in [2.75, 3.05) is 20.3 Å². The SMILES string of the molecule is COC/C=C/C1CCCN1. The smallest absolute Gasteiger partial charge is 0.0644 e. The van der Waals surface area contributed by atoms with Crippen molar-refractivity contribution in [2.24, 2.45) is 0 Å². The molecule has 2 nitrogen and oxygen atoms in total. The second-order valence-corrected chi connectivity index (χ2v) is 2.59. The number of hydrogen-bond donors (Lipinski definition) is 1. The van der Waals surface area contributed by atoms with Crippen molar-refractivity contribution in [3.63, 3.8) is 0 Å². The zero-order valence-electron chi connectivity index (χ0n) is 6.47. The van der Waals surface area contributed by atoms with Gasteiger partial charge in [-0.3, -0.25) is 0 Å². The van der Waals surface area contributed by atoms with Crippen LogP contribution in [0.15, 0.2) is 12.2 Å². The lowest BCUT2D eigenvalue weighted by molar-refractivity contribution is 0.233. The minimum atomic E-state index is 0.607. The van der Waals surface area contributed by atoms with E-state index in [1.54, 1.807) is 7.11 Å². The molecule has 0 aromatic rings. The second-order valence-electron chi connectivity index (χ2n) is 2.59. The van der Waals surface area contributed by atoms with Crippen LogP contribution in [0, 0.1) is 0 Å². The Morgan fingerprint density at radius 2 is 2.60 bits per heavy atom. The van der Waals surface area contributed by atoms with Gasteiger partial charge in [0, 0.05) is 13.2 Å². The van der Waals surface area contributed by atoms with Crippen molar-refractivity contribution >= 4 is 0 Å². The van der Waals surface area contributed by atoms with E-state index in [4.69, 9.17) is 4.74 Å². The molecule has 2 heteroatoms. The quantitative estimate of drug-likeness (QED) is 0.591. The molecule has 1 atom stereocenters. The Bertz CT molecular complexity index is 106. The van der Waals surface area contributed by atoms with Gasteiger partial charge in [-0.25, -0.2) is 0 Å². The molecule has 1 heterocycles. The Labute approximate surface area is 62.3 Å². The van der Waals surface area contributed by atoms with E-state index < -0.39 is 0 Å². The van der Waals surface area contributed by atoms with Gasteiger partial charge in [-0.05, 0) is 19.4 Å². The first-order valence-corrected chi connectivity index (χ1v) is 3.82. The van der Waals surface area contributed by atoms with E-state index >= 15 is 0 Å². The molecule has 1 unspecified atom stereocenters. The van der Waals surface area contributed by atoms with Crippen LogP contribution in [0.1, 0.15) is 12.8 Å². The summed E-state index contributed by atoms with van der Waals surface area (Å²) in [6.45, 7) is 1.90. The molecule has 1 N–H and O–H groups in total. The van der Waals surface area contributed by atoms with Crippen LogP contribution in [0.2, 0.25) is 0 Å². The summed E-state index contributed by atoms with van der Waals surface area (Å²) >= 11 is 0. The third kappa shape index (κ3) is 2.50. The maximum absolute atomic E-state index is 4.89. The van der Waals surface area contributed by atoms with Gasteiger partial charge in [-0.2, -0.15) is 0 Å². The average molecular weight is 141 g/mol. The highest BCUT2D eigenvalue weighted by atomic mass is 16.5. The fourth-order valence-corrected chi connectivity index (χ4v) is 1.19. The zero-order valence-corrected chi connectivity index (χ0v) is 6.47. The van der Waals surface area contributed by atoms with Gasteiger partial charge in [0.25, 0.3) is 0 Å². The fraction of sp³-hybridized carbons (Fsp3) is 0.750. The molecule has 1 aliphatic heterocycles. The molecule has 0 bridgehead atoms. The predicted octanol–water partition coefficient (Wildman–Crippen LogP) is 0.941. The van der Waals surface area contributed by atoms with Gasteiger partial charge in [-0.1, -0.05) is 12.2 Å². The van der Waals surface area contributed by atoms with Gasteiger partial charge in [0.15, 0.2) is 0 Å². The van der Waals surface area contributed by atoms with E-state index in [9.17, 15) is 0 Å². The molecule has 1 rings (SSSR count). The fourth-order valence-electron chi connectivity index (χ4n) is 1.19. The standard InChI is InChI=1S/C8H15NO/c1-10-7-3-5-8-4-2-6-9-8/h3,5,8-9H,2,4,6-7H2,1H3/b5-3+. The number of rotatable bonds is 3. The Balaban J connectivity index is 2.10. The van der Waals surface area contributed by atoms with Gasteiger partial charge < -0.3 is 10.1 Å². The van der Waals surface area contributed by atoms with E-state index in [2.05, 4.69) is 17.5 Å². The highest BCUT2D eigenvalue weighted by Crippen LogP contribution is 2.05. The van der Waals surface area contributed by atoms with Crippen LogP contribution < -0.4 is 5.32 Å². The van der Waals surface area contributed by atoms with Crippen LogP contribution in [0.5, 0.6) is 0 Å². The lowest BCUT2D eigenvalue weighted by Gasteiger charge is -2.00. The van der Waals surface area contributed by atoms with Crippen molar-refractivity contribution in [2.45, 2.75) is 18.9 Å². The van der Waals surface area contributed by atoms with Crippen molar-refractivity contribution in [3.05, 3.63) is 12.2 Å². The molecule has 0 aromatic carbocycles. The monoisotopic (exact) mass is 141 g/mol. The van der Waals surface area contributed by atoms with Crippen LogP contribution >= 0.6 is 0 Å². The van der Waals surface area contributed by atoms with Crippen molar-refractivity contribution in [3.8, 4) is 0 Å². The Morgan fingerprint density at radius 3 is 3.20 bits per heavy atom. The first-order valence-electron chi connectivity index (χ1n) is 3.82. The van der Waals surface area contributed by atoms with Gasteiger partial charge in [0.05, 0.1) is 6.61 Å². The molecule has 0 spiro atoms. The Morgan fingerprint density at radius 1 is 1.70 bits per heavy atom. The van der Waals surface area contributed by atoms with Crippen LogP contribution in [0.4, 0.5) is 0 Å². The summed E-state index contributed by atoms with van der Waals surface area (Å²) in [5.74, 6) is 0. The van der Waals surface area contributed by atoms with Crippen LogP contribution in [0.3, 0.4) is 0 Å². The molecule has 1 saturated heterocycles. The number of ether oxygens (including phenoxy) is 1. The van der Waals surface area contributed by atoms with Gasteiger partial charge in [0.1, 0.15) is 0 Å². The van der Waals surface area contributed by atoms with Gasteiger partial charge >= 0.3 is 0 Å². The molecule has 58 valence electrons. The van der Waals surface area contributed by atoms with Crippen molar-refractivity contribution < 1.29 is 4.74 Å². The third-order valence-electron chi connectivity index (χ3n) is 1.73. The van der Waals surface area contributed by atoms with Crippen LogP contribution in [-0.4, -0.2) is 26.3 Å². The molecule has 1 aliphatic rings. The van der Waals surface area contributed by atoms with E-state index in [-0.39, 0.29) is 0 Å².